The summed E-state index contributed by atoms with van der Waals surface area (Å²) in [6.45, 7) is 2.44. The molecule has 0 spiro atoms. The Morgan fingerprint density at radius 2 is 1.95 bits per heavy atom. The summed E-state index contributed by atoms with van der Waals surface area (Å²) >= 11 is 0. The monoisotopic (exact) mass is 281 g/mol. The molecule has 1 amide bonds. The lowest BCUT2D eigenvalue weighted by atomic mass is 10.0. The Labute approximate surface area is 124 Å². The summed E-state index contributed by atoms with van der Waals surface area (Å²) in [4.78, 5) is 18.6. The van der Waals surface area contributed by atoms with E-state index >= 15 is 0 Å². The largest absolute Gasteiger partial charge is 0.333 e. The van der Waals surface area contributed by atoms with Gasteiger partial charge in [0.15, 0.2) is 0 Å². The normalized spacial score (nSPS) is 18.5. The molecule has 1 N–H and O–H groups in total. The van der Waals surface area contributed by atoms with E-state index in [1.807, 2.05) is 23.1 Å². The zero-order valence-corrected chi connectivity index (χ0v) is 11.9. The van der Waals surface area contributed by atoms with Crippen molar-refractivity contribution in [1.29, 1.82) is 0 Å². The Kier molecular flexibility index (Phi) is 4.26. The number of rotatable bonds is 3. The van der Waals surface area contributed by atoms with Crippen LogP contribution in [0.25, 0.3) is 0 Å². The fourth-order valence-corrected chi connectivity index (χ4v) is 2.76. The van der Waals surface area contributed by atoms with Gasteiger partial charge in [-0.2, -0.15) is 0 Å². The summed E-state index contributed by atoms with van der Waals surface area (Å²) in [6.07, 6.45) is 4.22. The Hall–Kier alpha value is -2.20. The molecule has 1 unspecified atom stereocenters. The third-order valence-electron chi connectivity index (χ3n) is 3.85. The number of hydrogen-bond acceptors (Lipinski definition) is 3. The number of benzene rings is 1. The second kappa shape index (κ2) is 6.50. The van der Waals surface area contributed by atoms with Gasteiger partial charge in [0.25, 0.3) is 5.91 Å². The number of carbonyl (C=O) groups is 1. The Bertz CT molecular complexity index is 585. The van der Waals surface area contributed by atoms with Crippen molar-refractivity contribution in [2.24, 2.45) is 0 Å². The van der Waals surface area contributed by atoms with Gasteiger partial charge in [-0.1, -0.05) is 30.3 Å². The van der Waals surface area contributed by atoms with E-state index in [1.165, 1.54) is 5.56 Å². The number of carbonyl (C=O) groups excluding carboxylic acids is 1. The van der Waals surface area contributed by atoms with Crippen molar-refractivity contribution in [1.82, 2.24) is 15.2 Å². The van der Waals surface area contributed by atoms with Gasteiger partial charge in [0.05, 0.1) is 0 Å². The first-order chi connectivity index (χ1) is 10.3. The van der Waals surface area contributed by atoms with Crippen LogP contribution in [0.4, 0.5) is 0 Å². The molecule has 4 nitrogen and oxygen atoms in total. The number of hydrogen-bond donors (Lipinski definition) is 1. The topological polar surface area (TPSA) is 45.2 Å². The zero-order valence-electron chi connectivity index (χ0n) is 11.9. The molecule has 1 atom stereocenters. The second-order valence-electron chi connectivity index (χ2n) is 5.28. The summed E-state index contributed by atoms with van der Waals surface area (Å²) < 4.78 is 0. The molecule has 21 heavy (non-hydrogen) atoms. The molecule has 0 bridgehead atoms. The first kappa shape index (κ1) is 13.8. The lowest BCUT2D eigenvalue weighted by molar-refractivity contribution is 0.0636. The van der Waals surface area contributed by atoms with Gasteiger partial charge in [0, 0.05) is 43.6 Å². The highest BCUT2D eigenvalue weighted by Crippen LogP contribution is 2.14. The van der Waals surface area contributed by atoms with Crippen LogP contribution in [0.2, 0.25) is 0 Å². The summed E-state index contributed by atoms with van der Waals surface area (Å²) in [5.41, 5.74) is 1.98. The van der Waals surface area contributed by atoms with E-state index in [-0.39, 0.29) is 11.9 Å². The molecule has 0 aliphatic carbocycles. The van der Waals surface area contributed by atoms with Crippen LogP contribution in [0.15, 0.2) is 54.9 Å². The minimum Gasteiger partial charge on any atom is -0.333 e. The molecule has 1 aliphatic rings. The fourth-order valence-electron chi connectivity index (χ4n) is 2.76. The Morgan fingerprint density at radius 1 is 1.19 bits per heavy atom. The highest BCUT2D eigenvalue weighted by molar-refractivity contribution is 5.94. The standard InChI is InChI=1S/C17H19N3O/c21-17(15-6-8-18-9-7-15)20-11-10-19-13-16(20)12-14-4-2-1-3-5-14/h1-9,16,19H,10-13H2. The predicted octanol–water partition coefficient (Wildman–Crippen LogP) is 1.74. The van der Waals surface area contributed by atoms with E-state index in [0.29, 0.717) is 5.56 Å². The van der Waals surface area contributed by atoms with E-state index in [1.54, 1.807) is 24.5 Å². The summed E-state index contributed by atoms with van der Waals surface area (Å²) in [7, 11) is 0. The molecule has 4 heteroatoms. The molecule has 1 fully saturated rings. The lowest BCUT2D eigenvalue weighted by Gasteiger charge is -2.36. The molecular formula is C17H19N3O. The van der Waals surface area contributed by atoms with Gasteiger partial charge in [-0.25, -0.2) is 0 Å². The highest BCUT2D eigenvalue weighted by Gasteiger charge is 2.27. The van der Waals surface area contributed by atoms with Crippen LogP contribution in [0.1, 0.15) is 15.9 Å². The zero-order chi connectivity index (χ0) is 14.5. The van der Waals surface area contributed by atoms with Crippen LogP contribution in [0, 0.1) is 0 Å². The van der Waals surface area contributed by atoms with E-state index < -0.39 is 0 Å². The molecule has 108 valence electrons. The maximum atomic E-state index is 12.7. The van der Waals surface area contributed by atoms with Crippen molar-refractivity contribution >= 4 is 5.91 Å². The Morgan fingerprint density at radius 3 is 2.71 bits per heavy atom. The first-order valence-corrected chi connectivity index (χ1v) is 7.30. The average molecular weight is 281 g/mol. The van der Waals surface area contributed by atoms with Crippen LogP contribution in [0.5, 0.6) is 0 Å². The van der Waals surface area contributed by atoms with E-state index in [9.17, 15) is 4.79 Å². The second-order valence-corrected chi connectivity index (χ2v) is 5.28. The first-order valence-electron chi connectivity index (χ1n) is 7.30. The number of nitrogens with one attached hydrogen (secondary N) is 1. The molecule has 1 saturated heterocycles. The van der Waals surface area contributed by atoms with Gasteiger partial charge < -0.3 is 10.2 Å². The van der Waals surface area contributed by atoms with Crippen LogP contribution in [-0.2, 0) is 6.42 Å². The van der Waals surface area contributed by atoms with Crippen molar-refractivity contribution < 1.29 is 4.79 Å². The summed E-state index contributed by atoms with van der Waals surface area (Å²) in [5.74, 6) is 0.0971. The van der Waals surface area contributed by atoms with Crippen molar-refractivity contribution in [3.8, 4) is 0 Å². The van der Waals surface area contributed by atoms with Crippen molar-refractivity contribution in [3.63, 3.8) is 0 Å². The summed E-state index contributed by atoms with van der Waals surface area (Å²) in [6, 6.07) is 14.1. The lowest BCUT2D eigenvalue weighted by Crippen LogP contribution is -2.54. The molecule has 1 aliphatic heterocycles. The Balaban J connectivity index is 1.77. The van der Waals surface area contributed by atoms with Crippen molar-refractivity contribution in [2.45, 2.75) is 12.5 Å². The average Bonchev–Trinajstić information content (AvgIpc) is 2.56. The smallest absolute Gasteiger partial charge is 0.254 e. The van der Waals surface area contributed by atoms with Crippen LogP contribution in [0.3, 0.4) is 0 Å². The van der Waals surface area contributed by atoms with E-state index in [0.717, 1.165) is 26.1 Å². The maximum absolute atomic E-state index is 12.7. The molecule has 0 radical (unpaired) electrons. The van der Waals surface area contributed by atoms with Gasteiger partial charge >= 0.3 is 0 Å². The SMILES string of the molecule is O=C(c1ccncc1)N1CCNCC1Cc1ccccc1. The number of piperazine rings is 1. The maximum Gasteiger partial charge on any atom is 0.254 e. The van der Waals surface area contributed by atoms with Gasteiger partial charge in [0.2, 0.25) is 0 Å². The fraction of sp³-hybridized carbons (Fsp3) is 0.294. The van der Waals surface area contributed by atoms with Crippen LogP contribution < -0.4 is 5.32 Å². The van der Waals surface area contributed by atoms with E-state index in [4.69, 9.17) is 0 Å². The molecule has 2 heterocycles. The summed E-state index contributed by atoms with van der Waals surface area (Å²) in [5, 5.41) is 3.39. The predicted molar refractivity (Wildman–Crippen MR) is 82.1 cm³/mol. The number of aromatic nitrogens is 1. The number of pyridine rings is 1. The molecule has 2 aromatic rings. The molecule has 3 rings (SSSR count). The minimum atomic E-state index is 0.0971. The molecular weight excluding hydrogens is 262 g/mol. The minimum absolute atomic E-state index is 0.0971. The quantitative estimate of drug-likeness (QED) is 0.932. The number of amides is 1. The third kappa shape index (κ3) is 3.28. The third-order valence-corrected chi connectivity index (χ3v) is 3.85. The van der Waals surface area contributed by atoms with Crippen molar-refractivity contribution in [3.05, 3.63) is 66.0 Å². The van der Waals surface area contributed by atoms with Gasteiger partial charge in [-0.3, -0.25) is 9.78 Å². The van der Waals surface area contributed by atoms with Gasteiger partial charge in [0.1, 0.15) is 0 Å². The highest BCUT2D eigenvalue weighted by atomic mass is 16.2. The molecule has 1 aromatic heterocycles. The van der Waals surface area contributed by atoms with E-state index in [2.05, 4.69) is 22.4 Å². The number of nitrogens with zero attached hydrogens (tertiary/aromatic N) is 2. The molecule has 0 saturated carbocycles. The van der Waals surface area contributed by atoms with Crippen molar-refractivity contribution in [2.75, 3.05) is 19.6 Å². The van der Waals surface area contributed by atoms with Gasteiger partial charge in [-0.15, -0.1) is 0 Å². The van der Waals surface area contributed by atoms with Crippen LogP contribution >= 0.6 is 0 Å². The molecule has 1 aromatic carbocycles. The van der Waals surface area contributed by atoms with Crippen LogP contribution in [-0.4, -0.2) is 41.5 Å². The van der Waals surface area contributed by atoms with Gasteiger partial charge in [-0.05, 0) is 24.1 Å².